The molecule has 7 rings (SSSR count). The van der Waals surface area contributed by atoms with E-state index in [9.17, 15) is 18.4 Å². The van der Waals surface area contributed by atoms with E-state index in [4.69, 9.17) is 4.98 Å². The molecular weight excluding hydrogens is 568 g/mol. The predicted molar refractivity (Wildman–Crippen MR) is 163 cm³/mol. The van der Waals surface area contributed by atoms with Gasteiger partial charge in [0.2, 0.25) is 11.8 Å². The van der Waals surface area contributed by atoms with Gasteiger partial charge in [0.25, 0.3) is 5.91 Å². The number of nitrogens with zero attached hydrogens (tertiary/aromatic N) is 4. The third kappa shape index (κ3) is 5.09. The van der Waals surface area contributed by atoms with Gasteiger partial charge in [-0.1, -0.05) is 18.2 Å². The molecule has 1 fully saturated rings. The number of alkyl halides is 2. The predicted octanol–water partition coefficient (Wildman–Crippen LogP) is 6.58. The molecule has 0 radical (unpaired) electrons. The molecule has 0 bridgehead atoms. The van der Waals surface area contributed by atoms with Crippen molar-refractivity contribution in [1.82, 2.24) is 20.1 Å². The first-order chi connectivity index (χ1) is 20.8. The van der Waals surface area contributed by atoms with Crippen LogP contribution in [0.15, 0.2) is 77.6 Å². The van der Waals surface area contributed by atoms with Crippen molar-refractivity contribution in [3.63, 3.8) is 0 Å². The Morgan fingerprint density at radius 1 is 1.07 bits per heavy atom. The minimum absolute atomic E-state index is 0.0116. The number of fused-ring (bicyclic) bond motifs is 3. The van der Waals surface area contributed by atoms with Crippen LogP contribution in [0.2, 0.25) is 0 Å². The first-order valence-electron chi connectivity index (χ1n) is 14.3. The summed E-state index contributed by atoms with van der Waals surface area (Å²) in [6, 6.07) is 17.7. The minimum Gasteiger partial charge on any atom is -0.348 e. The van der Waals surface area contributed by atoms with E-state index >= 15 is 0 Å². The number of anilines is 1. The molecule has 10 heteroatoms. The van der Waals surface area contributed by atoms with Gasteiger partial charge in [-0.3, -0.25) is 9.59 Å². The third-order valence-corrected chi connectivity index (χ3v) is 9.14. The van der Waals surface area contributed by atoms with Crippen molar-refractivity contribution in [2.75, 3.05) is 11.4 Å². The number of hydrogen-bond acceptors (Lipinski definition) is 5. The molecular formula is C33H29F2N5O2S. The summed E-state index contributed by atoms with van der Waals surface area (Å²) in [5.41, 5.74) is 6.28. The Bertz CT molecular complexity index is 1830. The molecule has 218 valence electrons. The molecule has 4 heterocycles. The van der Waals surface area contributed by atoms with Crippen LogP contribution in [0, 0.1) is 12.8 Å². The number of para-hydroxylation sites is 1. The van der Waals surface area contributed by atoms with Crippen LogP contribution in [0.25, 0.3) is 27.8 Å². The molecule has 1 saturated carbocycles. The number of benzene rings is 2. The van der Waals surface area contributed by atoms with Gasteiger partial charge in [-0.2, -0.15) is 16.4 Å². The highest BCUT2D eigenvalue weighted by molar-refractivity contribution is 7.08. The Hall–Kier alpha value is -4.44. The number of pyridine rings is 1. The second kappa shape index (κ2) is 10.7. The van der Waals surface area contributed by atoms with Crippen LogP contribution in [-0.4, -0.2) is 45.1 Å². The van der Waals surface area contributed by atoms with E-state index in [1.807, 2.05) is 60.3 Å². The number of aromatic nitrogens is 3. The summed E-state index contributed by atoms with van der Waals surface area (Å²) >= 11 is 1.57. The number of halogens is 2. The average Bonchev–Trinajstić information content (AvgIpc) is 3.79. The highest BCUT2D eigenvalue weighted by Crippen LogP contribution is 2.44. The van der Waals surface area contributed by atoms with Crippen LogP contribution in [0.1, 0.15) is 40.9 Å². The molecule has 5 aromatic rings. The van der Waals surface area contributed by atoms with Gasteiger partial charge in [-0.05, 0) is 67.6 Å². The fraction of sp³-hybridized carbons (Fsp3) is 0.273. The highest BCUT2D eigenvalue weighted by atomic mass is 32.1. The molecule has 1 aliphatic heterocycles. The van der Waals surface area contributed by atoms with Crippen LogP contribution >= 0.6 is 11.3 Å². The minimum atomic E-state index is -2.99. The summed E-state index contributed by atoms with van der Waals surface area (Å²) in [6.07, 6.45) is 1.43. The van der Waals surface area contributed by atoms with Crippen LogP contribution < -0.4 is 10.2 Å². The molecule has 0 spiro atoms. The molecule has 1 aliphatic carbocycles. The van der Waals surface area contributed by atoms with E-state index in [2.05, 4.69) is 10.4 Å². The van der Waals surface area contributed by atoms with Gasteiger partial charge < -0.3 is 10.2 Å². The van der Waals surface area contributed by atoms with Gasteiger partial charge in [0.1, 0.15) is 0 Å². The molecule has 2 aliphatic rings. The Kier molecular flexibility index (Phi) is 6.80. The third-order valence-electron chi connectivity index (χ3n) is 8.45. The Morgan fingerprint density at radius 2 is 1.88 bits per heavy atom. The highest BCUT2D eigenvalue weighted by Gasteiger charge is 2.47. The van der Waals surface area contributed by atoms with Crippen LogP contribution in [0.4, 0.5) is 14.5 Å². The largest absolute Gasteiger partial charge is 0.348 e. The van der Waals surface area contributed by atoms with Gasteiger partial charge in [-0.15, -0.1) is 0 Å². The number of rotatable bonds is 5. The van der Waals surface area contributed by atoms with Crippen molar-refractivity contribution in [3.8, 4) is 16.9 Å². The second-order valence-corrected chi connectivity index (χ2v) is 12.1. The number of carbonyl (C=O) groups is 2. The van der Waals surface area contributed by atoms with Crippen molar-refractivity contribution in [1.29, 1.82) is 0 Å². The lowest BCUT2D eigenvalue weighted by molar-refractivity contribution is -0.131. The summed E-state index contributed by atoms with van der Waals surface area (Å²) in [6.45, 7) is 2.27. The zero-order valence-corrected chi connectivity index (χ0v) is 24.3. The van der Waals surface area contributed by atoms with E-state index in [0.29, 0.717) is 18.5 Å². The van der Waals surface area contributed by atoms with Crippen LogP contribution in [0.3, 0.4) is 0 Å². The fourth-order valence-corrected chi connectivity index (χ4v) is 6.96. The lowest BCUT2D eigenvalue weighted by atomic mass is 9.81. The fourth-order valence-electron chi connectivity index (χ4n) is 6.32. The molecule has 7 nitrogen and oxygen atoms in total. The number of thiophene rings is 1. The van der Waals surface area contributed by atoms with Gasteiger partial charge in [-0.25, -0.2) is 18.4 Å². The molecule has 2 amide bonds. The monoisotopic (exact) mass is 597 g/mol. The number of aryl methyl sites for hydroxylation is 1. The van der Waals surface area contributed by atoms with Crippen molar-refractivity contribution >= 4 is 39.7 Å². The molecule has 43 heavy (non-hydrogen) atoms. The van der Waals surface area contributed by atoms with Crippen LogP contribution in [-0.2, 0) is 11.2 Å². The van der Waals surface area contributed by atoms with Gasteiger partial charge in [0.15, 0.2) is 0 Å². The number of hydrogen-bond donors (Lipinski definition) is 1. The van der Waals surface area contributed by atoms with Gasteiger partial charge in [0.05, 0.1) is 34.2 Å². The SMILES string of the molecule is Cc1ccn(-c2ccc(C(=O)N[C@@H]3CCC(F)(F)C[C@H]3C(=O)N3CCc4c(-c5ccsc5)nc5ccccc5c43)cc2)n1. The smallest absolute Gasteiger partial charge is 0.251 e. The number of nitrogens with one attached hydrogen (secondary N) is 1. The van der Waals surface area contributed by atoms with Gasteiger partial charge in [0, 0.05) is 59.1 Å². The maximum absolute atomic E-state index is 14.8. The van der Waals surface area contributed by atoms with E-state index in [-0.39, 0.29) is 18.7 Å². The second-order valence-electron chi connectivity index (χ2n) is 11.3. The Labute approximate surface area is 251 Å². The first-order valence-corrected chi connectivity index (χ1v) is 15.3. The molecule has 2 atom stereocenters. The van der Waals surface area contributed by atoms with E-state index < -0.39 is 30.2 Å². The molecule has 0 saturated heterocycles. The lowest BCUT2D eigenvalue weighted by Crippen LogP contribution is -2.52. The quantitative estimate of drug-likeness (QED) is 0.248. The Balaban J connectivity index is 1.18. The van der Waals surface area contributed by atoms with Crippen molar-refractivity contribution < 1.29 is 18.4 Å². The van der Waals surface area contributed by atoms with E-state index in [0.717, 1.165) is 44.8 Å². The summed E-state index contributed by atoms with van der Waals surface area (Å²) in [5.74, 6) is -4.84. The number of amides is 2. The first kappa shape index (κ1) is 27.4. The molecule has 2 aromatic carbocycles. The number of carbonyl (C=O) groups excluding carboxylic acids is 2. The standard InChI is InChI=1S/C33H29F2N5O2S/c1-20-11-16-40(38-20)23-8-6-21(7-9-23)31(41)37-28-10-14-33(34,35)18-26(28)32(42)39-15-12-25-29(22-13-17-43-19-22)36-27-5-3-2-4-24(27)30(25)39/h2-9,11,13,16-17,19,26,28H,10,12,14-15,18H2,1H3,(H,37,41)/t26-,28-/m1/s1. The molecule has 1 N–H and O–H groups in total. The summed E-state index contributed by atoms with van der Waals surface area (Å²) < 4.78 is 31.4. The Morgan fingerprint density at radius 3 is 2.63 bits per heavy atom. The zero-order chi connectivity index (χ0) is 29.7. The zero-order valence-electron chi connectivity index (χ0n) is 23.5. The summed E-state index contributed by atoms with van der Waals surface area (Å²) in [5, 5.41) is 12.1. The topological polar surface area (TPSA) is 80.1 Å². The maximum atomic E-state index is 14.8. The summed E-state index contributed by atoms with van der Waals surface area (Å²) in [4.78, 5) is 34.1. The maximum Gasteiger partial charge on any atom is 0.251 e. The molecule has 3 aromatic heterocycles. The van der Waals surface area contributed by atoms with Crippen molar-refractivity contribution in [2.24, 2.45) is 5.92 Å². The van der Waals surface area contributed by atoms with E-state index in [1.54, 1.807) is 45.2 Å². The molecule has 0 unspecified atom stereocenters. The van der Waals surface area contributed by atoms with E-state index in [1.165, 1.54) is 0 Å². The van der Waals surface area contributed by atoms with Gasteiger partial charge >= 0.3 is 0 Å². The normalized spacial score (nSPS) is 19.4. The average molecular weight is 598 g/mol. The van der Waals surface area contributed by atoms with Crippen molar-refractivity contribution in [3.05, 3.63) is 94.4 Å². The summed E-state index contributed by atoms with van der Waals surface area (Å²) in [7, 11) is 0. The lowest BCUT2D eigenvalue weighted by Gasteiger charge is -2.37. The van der Waals surface area contributed by atoms with Crippen LogP contribution in [0.5, 0.6) is 0 Å². The van der Waals surface area contributed by atoms with Crippen molar-refractivity contribution in [2.45, 2.75) is 44.6 Å².